The maximum absolute atomic E-state index is 11.9. The van der Waals surface area contributed by atoms with Crippen LogP contribution in [0.25, 0.3) is 0 Å². The van der Waals surface area contributed by atoms with Crippen molar-refractivity contribution in [1.29, 1.82) is 0 Å². The third-order valence-electron chi connectivity index (χ3n) is 3.50. The van der Waals surface area contributed by atoms with Gasteiger partial charge in [0.15, 0.2) is 5.78 Å². The van der Waals surface area contributed by atoms with Gasteiger partial charge in [-0.1, -0.05) is 20.8 Å². The van der Waals surface area contributed by atoms with Crippen LogP contribution in [0.2, 0.25) is 0 Å². The van der Waals surface area contributed by atoms with Gasteiger partial charge in [0.2, 0.25) is 0 Å². The van der Waals surface area contributed by atoms with Crippen LogP contribution in [0.4, 0.5) is 0 Å². The second kappa shape index (κ2) is 5.87. The Morgan fingerprint density at radius 3 is 2.37 bits per heavy atom. The first-order valence-corrected chi connectivity index (χ1v) is 6.36. The minimum absolute atomic E-state index is 0.0217. The number of phenols is 1. The van der Waals surface area contributed by atoms with Crippen molar-refractivity contribution in [2.45, 2.75) is 45.4 Å². The molecule has 0 heterocycles. The molecule has 4 heteroatoms. The number of rotatable bonds is 6. The van der Waals surface area contributed by atoms with E-state index in [1.165, 1.54) is 12.1 Å². The first kappa shape index (κ1) is 15.2. The average Bonchev–Trinajstić information content (AvgIpc) is 2.36. The Labute approximate surface area is 113 Å². The number of carboxylic acid groups (broad SMARTS) is 1. The van der Waals surface area contributed by atoms with Crippen molar-refractivity contribution in [1.82, 2.24) is 0 Å². The summed E-state index contributed by atoms with van der Waals surface area (Å²) in [5.41, 5.74) is 0.944. The van der Waals surface area contributed by atoms with Gasteiger partial charge in [-0.2, -0.15) is 0 Å². The highest BCUT2D eigenvalue weighted by Gasteiger charge is 2.23. The first-order valence-electron chi connectivity index (χ1n) is 6.36. The summed E-state index contributed by atoms with van der Waals surface area (Å²) < 4.78 is 0. The molecular weight excluding hydrogens is 244 g/mol. The lowest BCUT2D eigenvalue weighted by atomic mass is 9.80. The summed E-state index contributed by atoms with van der Waals surface area (Å²) in [5.74, 6) is -1.03. The van der Waals surface area contributed by atoms with Gasteiger partial charge < -0.3 is 10.2 Å². The third kappa shape index (κ3) is 3.81. The molecule has 0 aromatic heterocycles. The highest BCUT2D eigenvalue weighted by molar-refractivity contribution is 5.97. The number of Topliss-reactive ketones (excluding diaryl/α,β-unsaturated/α-hetero) is 1. The molecule has 1 rings (SSSR count). The monoisotopic (exact) mass is 264 g/mol. The van der Waals surface area contributed by atoms with Gasteiger partial charge in [0.1, 0.15) is 5.75 Å². The molecule has 0 aliphatic heterocycles. The molecule has 0 aliphatic rings. The molecule has 0 radical (unpaired) electrons. The molecular formula is C15H20O4. The Hall–Kier alpha value is -1.84. The molecule has 19 heavy (non-hydrogen) atoms. The van der Waals surface area contributed by atoms with E-state index in [2.05, 4.69) is 0 Å². The summed E-state index contributed by atoms with van der Waals surface area (Å²) in [6, 6.07) is 4.71. The van der Waals surface area contributed by atoms with E-state index >= 15 is 0 Å². The van der Waals surface area contributed by atoms with Crippen molar-refractivity contribution >= 4 is 11.8 Å². The van der Waals surface area contributed by atoms with Gasteiger partial charge in [-0.3, -0.25) is 9.59 Å². The number of ketones is 1. The number of hydrogen-bond donors (Lipinski definition) is 2. The predicted octanol–water partition coefficient (Wildman–Crippen LogP) is 3.13. The highest BCUT2D eigenvalue weighted by atomic mass is 16.4. The molecule has 0 unspecified atom stereocenters. The molecule has 4 nitrogen and oxygen atoms in total. The van der Waals surface area contributed by atoms with Crippen LogP contribution in [0.1, 0.15) is 56.0 Å². The van der Waals surface area contributed by atoms with Gasteiger partial charge >= 0.3 is 5.97 Å². The van der Waals surface area contributed by atoms with Gasteiger partial charge in [-0.15, -0.1) is 0 Å². The highest BCUT2D eigenvalue weighted by Crippen LogP contribution is 2.34. The van der Waals surface area contributed by atoms with E-state index in [0.29, 0.717) is 5.56 Å². The molecule has 1 aromatic rings. The van der Waals surface area contributed by atoms with Crippen LogP contribution in [-0.2, 0) is 10.2 Å². The average molecular weight is 264 g/mol. The Morgan fingerprint density at radius 1 is 1.21 bits per heavy atom. The van der Waals surface area contributed by atoms with Gasteiger partial charge in [-0.05, 0) is 30.0 Å². The fraction of sp³-hybridized carbons (Fsp3) is 0.467. The van der Waals surface area contributed by atoms with Crippen molar-refractivity contribution in [3.8, 4) is 5.75 Å². The molecule has 0 fully saturated rings. The number of carbonyl (C=O) groups excluding carboxylic acids is 1. The summed E-state index contributed by atoms with van der Waals surface area (Å²) in [5, 5.41) is 18.5. The van der Waals surface area contributed by atoms with Crippen LogP contribution in [0, 0.1) is 0 Å². The van der Waals surface area contributed by atoms with E-state index in [-0.39, 0.29) is 29.8 Å². The summed E-state index contributed by atoms with van der Waals surface area (Å²) in [7, 11) is 0. The lowest BCUT2D eigenvalue weighted by molar-refractivity contribution is -0.136. The van der Waals surface area contributed by atoms with Crippen molar-refractivity contribution in [3.05, 3.63) is 29.3 Å². The first-order chi connectivity index (χ1) is 8.77. The van der Waals surface area contributed by atoms with Crippen molar-refractivity contribution in [2.75, 3.05) is 0 Å². The van der Waals surface area contributed by atoms with Crippen molar-refractivity contribution in [2.24, 2.45) is 0 Å². The molecule has 104 valence electrons. The topological polar surface area (TPSA) is 74.6 Å². The number of phenolic OH excluding ortho intramolecular Hbond substituents is 1. The Kier molecular flexibility index (Phi) is 4.70. The quantitative estimate of drug-likeness (QED) is 0.774. The van der Waals surface area contributed by atoms with Crippen LogP contribution in [0.3, 0.4) is 0 Å². The summed E-state index contributed by atoms with van der Waals surface area (Å²) >= 11 is 0. The van der Waals surface area contributed by atoms with Gasteiger partial charge in [0, 0.05) is 17.5 Å². The SMILES string of the molecule is CCC(C)(C)c1cc(C(=O)CCC(=O)O)ccc1O. The molecule has 0 saturated heterocycles. The van der Waals surface area contributed by atoms with Crippen molar-refractivity contribution in [3.63, 3.8) is 0 Å². The minimum atomic E-state index is -0.985. The van der Waals surface area contributed by atoms with Crippen LogP contribution in [-0.4, -0.2) is 22.0 Å². The van der Waals surface area contributed by atoms with E-state index in [4.69, 9.17) is 5.11 Å². The minimum Gasteiger partial charge on any atom is -0.508 e. The third-order valence-corrected chi connectivity index (χ3v) is 3.50. The van der Waals surface area contributed by atoms with Crippen LogP contribution >= 0.6 is 0 Å². The number of hydrogen-bond acceptors (Lipinski definition) is 3. The predicted molar refractivity (Wildman–Crippen MR) is 72.6 cm³/mol. The van der Waals surface area contributed by atoms with Crippen molar-refractivity contribution < 1.29 is 19.8 Å². The number of aromatic hydroxyl groups is 1. The number of carboxylic acids is 1. The zero-order valence-corrected chi connectivity index (χ0v) is 11.6. The van der Waals surface area contributed by atoms with E-state index in [0.717, 1.165) is 12.0 Å². The van der Waals surface area contributed by atoms with Gasteiger partial charge in [0.05, 0.1) is 6.42 Å². The zero-order valence-electron chi connectivity index (χ0n) is 11.6. The standard InChI is InChI=1S/C15H20O4/c1-4-15(2,3)11-9-10(5-6-13(11)17)12(16)7-8-14(18)19/h5-6,9,17H,4,7-8H2,1-3H3,(H,18,19). The van der Waals surface area contributed by atoms with E-state index in [1.807, 2.05) is 20.8 Å². The second-order valence-corrected chi connectivity index (χ2v) is 5.29. The van der Waals surface area contributed by atoms with Crippen LogP contribution < -0.4 is 0 Å². The summed E-state index contributed by atoms with van der Waals surface area (Å²) in [4.78, 5) is 22.4. The normalized spacial score (nSPS) is 11.3. The second-order valence-electron chi connectivity index (χ2n) is 5.29. The van der Waals surface area contributed by atoms with E-state index in [1.54, 1.807) is 6.07 Å². The largest absolute Gasteiger partial charge is 0.508 e. The number of aliphatic carboxylic acids is 1. The van der Waals surface area contributed by atoms with Crippen LogP contribution in [0.15, 0.2) is 18.2 Å². The smallest absolute Gasteiger partial charge is 0.303 e. The Bertz CT molecular complexity index is 489. The molecule has 0 aliphatic carbocycles. The van der Waals surface area contributed by atoms with Gasteiger partial charge in [0.25, 0.3) is 0 Å². The van der Waals surface area contributed by atoms with E-state index < -0.39 is 5.97 Å². The molecule has 0 amide bonds. The fourth-order valence-electron chi connectivity index (χ4n) is 1.81. The number of benzene rings is 1. The zero-order chi connectivity index (χ0) is 14.6. The molecule has 0 spiro atoms. The molecule has 0 bridgehead atoms. The molecule has 0 saturated carbocycles. The van der Waals surface area contributed by atoms with Gasteiger partial charge in [-0.25, -0.2) is 0 Å². The Morgan fingerprint density at radius 2 is 1.84 bits per heavy atom. The summed E-state index contributed by atoms with van der Waals surface area (Å²) in [6.07, 6.45) is 0.631. The molecule has 1 aromatic carbocycles. The molecule has 0 atom stereocenters. The maximum Gasteiger partial charge on any atom is 0.303 e. The number of carbonyl (C=O) groups is 2. The van der Waals surface area contributed by atoms with Crippen LogP contribution in [0.5, 0.6) is 5.75 Å². The summed E-state index contributed by atoms with van der Waals surface area (Å²) in [6.45, 7) is 6.00. The lowest BCUT2D eigenvalue weighted by Gasteiger charge is -2.24. The maximum atomic E-state index is 11.9. The molecule has 2 N–H and O–H groups in total. The van der Waals surface area contributed by atoms with E-state index in [9.17, 15) is 14.7 Å². The Balaban J connectivity index is 3.02. The fourth-order valence-corrected chi connectivity index (χ4v) is 1.81. The lowest BCUT2D eigenvalue weighted by Crippen LogP contribution is -2.16.